The molecule has 0 bridgehead atoms. The van der Waals surface area contributed by atoms with E-state index in [0.717, 1.165) is 6.07 Å². The van der Waals surface area contributed by atoms with E-state index in [2.05, 4.69) is 5.32 Å². The number of nitro groups is 1. The molecule has 0 radical (unpaired) electrons. The zero-order chi connectivity index (χ0) is 14.6. The van der Waals surface area contributed by atoms with Crippen molar-refractivity contribution in [3.63, 3.8) is 0 Å². The summed E-state index contributed by atoms with van der Waals surface area (Å²) in [4.78, 5) is 31.6. The highest BCUT2D eigenvalue weighted by molar-refractivity contribution is 5.85. The van der Waals surface area contributed by atoms with Crippen LogP contribution >= 0.6 is 0 Å². The van der Waals surface area contributed by atoms with Gasteiger partial charge in [0.25, 0.3) is 5.69 Å². The van der Waals surface area contributed by atoms with E-state index in [1.165, 1.54) is 19.2 Å². The van der Waals surface area contributed by atoms with Crippen molar-refractivity contribution >= 4 is 23.6 Å². The fourth-order valence-corrected chi connectivity index (χ4v) is 1.46. The lowest BCUT2D eigenvalue weighted by atomic mass is 10.1. The molecular weight excluding hydrogens is 258 g/mol. The maximum Gasteiger partial charge on any atom is 0.417 e. The van der Waals surface area contributed by atoms with Gasteiger partial charge in [-0.1, -0.05) is 0 Å². The number of nitro benzene ring substituents is 1. The summed E-state index contributed by atoms with van der Waals surface area (Å²) < 4.78 is 0. The predicted octanol–water partition coefficient (Wildman–Crippen LogP) is 1.79. The minimum atomic E-state index is -1.65. The first-order chi connectivity index (χ1) is 8.86. The number of non-ortho nitro benzene ring substituents is 1. The number of benzene rings is 1. The van der Waals surface area contributed by atoms with E-state index in [1.807, 2.05) is 0 Å². The molecule has 0 saturated carbocycles. The van der Waals surface area contributed by atoms with Crippen molar-refractivity contribution in [2.75, 3.05) is 12.4 Å². The summed E-state index contributed by atoms with van der Waals surface area (Å²) in [6.45, 7) is -0.498. The summed E-state index contributed by atoms with van der Waals surface area (Å²) in [5.41, 5.74) is 0.365. The average molecular weight is 269 g/mol. The lowest BCUT2D eigenvalue weighted by Crippen LogP contribution is -2.34. The van der Waals surface area contributed by atoms with Gasteiger partial charge in [0.05, 0.1) is 11.5 Å². The summed E-state index contributed by atoms with van der Waals surface area (Å²) in [7, 11) is 1.54. The Hall–Kier alpha value is -2.84. The predicted molar refractivity (Wildman–Crippen MR) is 64.2 cm³/mol. The molecule has 0 aromatic heterocycles. The Morgan fingerprint density at radius 2 is 1.95 bits per heavy atom. The fourth-order valence-electron chi connectivity index (χ4n) is 1.46. The second kappa shape index (κ2) is 5.67. The summed E-state index contributed by atoms with van der Waals surface area (Å²) in [6.07, 6.45) is -3.30. The van der Waals surface area contributed by atoms with E-state index in [4.69, 9.17) is 10.2 Å². The van der Waals surface area contributed by atoms with Crippen LogP contribution < -0.4 is 5.32 Å². The Bertz CT molecular complexity index is 516. The Morgan fingerprint density at radius 3 is 2.37 bits per heavy atom. The van der Waals surface area contributed by atoms with Crippen LogP contribution in [0.4, 0.5) is 21.0 Å². The van der Waals surface area contributed by atoms with Crippen LogP contribution in [-0.2, 0) is 6.54 Å². The summed E-state index contributed by atoms with van der Waals surface area (Å²) in [5.74, 6) is 0. The second-order valence-corrected chi connectivity index (χ2v) is 3.50. The number of nitrogens with one attached hydrogen (secondary N) is 1. The molecule has 1 aromatic rings. The fraction of sp³-hybridized carbons (Fsp3) is 0.200. The highest BCUT2D eigenvalue weighted by Gasteiger charge is 2.22. The monoisotopic (exact) mass is 269 g/mol. The number of hydrogen-bond acceptors (Lipinski definition) is 5. The third kappa shape index (κ3) is 3.31. The number of carboxylic acid groups (broad SMARTS) is 2. The largest absolute Gasteiger partial charge is 0.465 e. The highest BCUT2D eigenvalue weighted by Crippen LogP contribution is 2.23. The Kier molecular flexibility index (Phi) is 4.24. The molecule has 0 heterocycles. The van der Waals surface area contributed by atoms with Crippen LogP contribution in [0.1, 0.15) is 5.56 Å². The molecule has 0 fully saturated rings. The lowest BCUT2D eigenvalue weighted by molar-refractivity contribution is -0.384. The van der Waals surface area contributed by atoms with Gasteiger partial charge < -0.3 is 15.5 Å². The lowest BCUT2D eigenvalue weighted by Gasteiger charge is -2.15. The van der Waals surface area contributed by atoms with Gasteiger partial charge in [0.1, 0.15) is 0 Å². The van der Waals surface area contributed by atoms with Gasteiger partial charge in [-0.15, -0.1) is 0 Å². The van der Waals surface area contributed by atoms with Gasteiger partial charge in [-0.25, -0.2) is 14.5 Å². The second-order valence-electron chi connectivity index (χ2n) is 3.50. The molecule has 0 aliphatic heterocycles. The quantitative estimate of drug-likeness (QED) is 0.560. The SMILES string of the molecule is CNc1ccc([N+](=O)[O-])cc1CN(C(=O)O)C(=O)O. The van der Waals surface area contributed by atoms with Crippen LogP contribution in [0.2, 0.25) is 0 Å². The third-order valence-electron chi connectivity index (χ3n) is 2.36. The van der Waals surface area contributed by atoms with Crippen molar-refractivity contribution in [1.29, 1.82) is 0 Å². The number of amides is 2. The van der Waals surface area contributed by atoms with Gasteiger partial charge in [-0.3, -0.25) is 10.1 Å². The number of anilines is 1. The molecular formula is C10H11N3O6. The summed E-state index contributed by atoms with van der Waals surface area (Å²) in [5, 5.41) is 30.8. The van der Waals surface area contributed by atoms with E-state index in [9.17, 15) is 19.7 Å². The normalized spacial score (nSPS) is 9.74. The molecule has 3 N–H and O–H groups in total. The first-order valence-corrected chi connectivity index (χ1v) is 5.05. The third-order valence-corrected chi connectivity index (χ3v) is 2.36. The van der Waals surface area contributed by atoms with Crippen LogP contribution in [0.25, 0.3) is 0 Å². The maximum atomic E-state index is 10.8. The van der Waals surface area contributed by atoms with Crippen LogP contribution in [-0.4, -0.2) is 39.3 Å². The van der Waals surface area contributed by atoms with Crippen molar-refractivity contribution < 1.29 is 24.7 Å². The maximum absolute atomic E-state index is 10.8. The van der Waals surface area contributed by atoms with Crippen LogP contribution in [0.3, 0.4) is 0 Å². The van der Waals surface area contributed by atoms with Gasteiger partial charge >= 0.3 is 12.2 Å². The number of imide groups is 1. The summed E-state index contributed by atoms with van der Waals surface area (Å²) in [6, 6.07) is 3.75. The van der Waals surface area contributed by atoms with E-state index < -0.39 is 23.7 Å². The first kappa shape index (κ1) is 14.2. The van der Waals surface area contributed by atoms with Crippen molar-refractivity contribution in [3.8, 4) is 0 Å². The molecule has 0 atom stereocenters. The highest BCUT2D eigenvalue weighted by atomic mass is 16.6. The smallest absolute Gasteiger partial charge is 0.417 e. The van der Waals surface area contributed by atoms with Crippen molar-refractivity contribution in [2.45, 2.75) is 6.54 Å². The molecule has 0 spiro atoms. The molecule has 1 aromatic carbocycles. The zero-order valence-corrected chi connectivity index (χ0v) is 9.86. The minimum Gasteiger partial charge on any atom is -0.465 e. The topological polar surface area (TPSA) is 133 Å². The average Bonchev–Trinajstić information content (AvgIpc) is 2.34. The van der Waals surface area contributed by atoms with Gasteiger partial charge in [0.2, 0.25) is 0 Å². The molecule has 0 unspecified atom stereocenters. The zero-order valence-electron chi connectivity index (χ0n) is 9.86. The molecule has 102 valence electrons. The molecule has 9 nitrogen and oxygen atoms in total. The minimum absolute atomic E-state index is 0.139. The molecule has 9 heteroatoms. The number of carbonyl (C=O) groups is 2. The molecule has 1 rings (SSSR count). The molecule has 2 amide bonds. The van der Waals surface area contributed by atoms with Gasteiger partial charge in [0.15, 0.2) is 0 Å². The van der Waals surface area contributed by atoms with E-state index in [1.54, 1.807) is 0 Å². The molecule has 19 heavy (non-hydrogen) atoms. The van der Waals surface area contributed by atoms with Gasteiger partial charge in [0, 0.05) is 30.4 Å². The van der Waals surface area contributed by atoms with Crippen molar-refractivity contribution in [1.82, 2.24) is 4.90 Å². The molecule has 0 aliphatic rings. The first-order valence-electron chi connectivity index (χ1n) is 5.05. The van der Waals surface area contributed by atoms with Crippen molar-refractivity contribution in [2.24, 2.45) is 0 Å². The van der Waals surface area contributed by atoms with Gasteiger partial charge in [-0.05, 0) is 6.07 Å². The van der Waals surface area contributed by atoms with E-state index >= 15 is 0 Å². The Balaban J connectivity index is 3.16. The van der Waals surface area contributed by atoms with Crippen molar-refractivity contribution in [3.05, 3.63) is 33.9 Å². The number of rotatable bonds is 4. The van der Waals surface area contributed by atoms with Crippen LogP contribution in [0.5, 0.6) is 0 Å². The summed E-state index contributed by atoms with van der Waals surface area (Å²) >= 11 is 0. The Morgan fingerprint density at radius 1 is 1.37 bits per heavy atom. The molecule has 0 aliphatic carbocycles. The van der Waals surface area contributed by atoms with Gasteiger partial charge in [-0.2, -0.15) is 0 Å². The molecule has 0 saturated heterocycles. The Labute approximate surface area is 107 Å². The van der Waals surface area contributed by atoms with Crippen LogP contribution in [0.15, 0.2) is 18.2 Å². The van der Waals surface area contributed by atoms with E-state index in [-0.39, 0.29) is 16.2 Å². The number of nitrogens with zero attached hydrogens (tertiary/aromatic N) is 2. The standard InChI is InChI=1S/C10H11N3O6/c1-11-8-3-2-7(13(18)19)4-6(8)5-12(9(14)15)10(16)17/h2-4,11H,5H2,1H3,(H,14,15)(H,16,17). The van der Waals surface area contributed by atoms with Crippen LogP contribution in [0, 0.1) is 10.1 Å². The number of hydrogen-bond donors (Lipinski definition) is 3. The van der Waals surface area contributed by atoms with E-state index in [0.29, 0.717) is 5.69 Å².